The van der Waals surface area contributed by atoms with Crippen molar-refractivity contribution in [3.63, 3.8) is 0 Å². The molecule has 3 N–H and O–H groups in total. The summed E-state index contributed by atoms with van der Waals surface area (Å²) in [5.41, 5.74) is 2.29. The van der Waals surface area contributed by atoms with E-state index in [0.29, 0.717) is 22.8 Å². The van der Waals surface area contributed by atoms with Crippen molar-refractivity contribution >= 4 is 40.5 Å². The van der Waals surface area contributed by atoms with Crippen LogP contribution in [0.5, 0.6) is 0 Å². The number of halogens is 2. The van der Waals surface area contributed by atoms with Gasteiger partial charge in [-0.1, -0.05) is 24.6 Å². The first-order valence-corrected chi connectivity index (χ1v) is 8.16. The smallest absolute Gasteiger partial charge is 0.243 e. The zero-order chi connectivity index (χ0) is 18.4. The van der Waals surface area contributed by atoms with Crippen molar-refractivity contribution in [1.82, 2.24) is 0 Å². The first-order chi connectivity index (χ1) is 11.9. The van der Waals surface area contributed by atoms with Crippen LogP contribution in [0.25, 0.3) is 0 Å². The Kier molecular flexibility index (Phi) is 6.36. The molecule has 0 unspecified atom stereocenters. The molecule has 2 aromatic carbocycles. The summed E-state index contributed by atoms with van der Waals surface area (Å²) in [5, 5.41) is 8.54. The van der Waals surface area contributed by atoms with Gasteiger partial charge in [0.2, 0.25) is 11.8 Å². The number of carbonyl (C=O) groups is 2. The van der Waals surface area contributed by atoms with Gasteiger partial charge < -0.3 is 16.0 Å². The largest absolute Gasteiger partial charge is 0.376 e. The van der Waals surface area contributed by atoms with Crippen LogP contribution in [-0.4, -0.2) is 18.4 Å². The van der Waals surface area contributed by atoms with Crippen LogP contribution in [0.4, 0.5) is 21.5 Å². The molecule has 0 atom stereocenters. The van der Waals surface area contributed by atoms with Crippen LogP contribution in [0.3, 0.4) is 0 Å². The van der Waals surface area contributed by atoms with E-state index in [1.807, 2.05) is 13.0 Å². The SMILES string of the molecule is CCC(=O)Nc1ccc(C)c(NCC(=O)Nc2cc(Cl)ccc2F)c1. The topological polar surface area (TPSA) is 70.2 Å². The number of hydrogen-bond acceptors (Lipinski definition) is 3. The minimum absolute atomic E-state index is 0.0278. The van der Waals surface area contributed by atoms with Gasteiger partial charge in [-0.25, -0.2) is 4.39 Å². The van der Waals surface area contributed by atoms with Gasteiger partial charge in [0.1, 0.15) is 5.82 Å². The zero-order valence-electron chi connectivity index (χ0n) is 14.0. The monoisotopic (exact) mass is 363 g/mol. The zero-order valence-corrected chi connectivity index (χ0v) is 14.7. The summed E-state index contributed by atoms with van der Waals surface area (Å²) in [6, 6.07) is 9.31. The molecule has 0 bridgehead atoms. The minimum atomic E-state index is -0.557. The second kappa shape index (κ2) is 8.48. The summed E-state index contributed by atoms with van der Waals surface area (Å²) in [5.74, 6) is -1.06. The van der Waals surface area contributed by atoms with Crippen LogP contribution in [0.1, 0.15) is 18.9 Å². The van der Waals surface area contributed by atoms with Crippen LogP contribution >= 0.6 is 11.6 Å². The van der Waals surface area contributed by atoms with Crippen molar-refractivity contribution in [2.45, 2.75) is 20.3 Å². The van der Waals surface area contributed by atoms with E-state index in [1.54, 1.807) is 19.1 Å². The molecule has 2 aromatic rings. The molecule has 0 aliphatic carbocycles. The van der Waals surface area contributed by atoms with Crippen LogP contribution in [0.15, 0.2) is 36.4 Å². The van der Waals surface area contributed by atoms with Crippen molar-refractivity contribution in [2.75, 3.05) is 22.5 Å². The molecule has 0 aliphatic heterocycles. The predicted octanol–water partition coefficient (Wildman–Crippen LogP) is 4.19. The van der Waals surface area contributed by atoms with E-state index in [9.17, 15) is 14.0 Å². The Bertz CT molecular complexity index is 796. The molecule has 5 nitrogen and oxygen atoms in total. The third kappa shape index (κ3) is 5.46. The maximum atomic E-state index is 13.6. The van der Waals surface area contributed by atoms with Gasteiger partial charge in [-0.3, -0.25) is 9.59 Å². The summed E-state index contributed by atoms with van der Waals surface area (Å²) in [6.45, 7) is 3.59. The molecule has 0 fully saturated rings. The number of benzene rings is 2. The Morgan fingerprint density at radius 3 is 2.52 bits per heavy atom. The van der Waals surface area contributed by atoms with Crippen LogP contribution < -0.4 is 16.0 Å². The first-order valence-electron chi connectivity index (χ1n) is 7.78. The van der Waals surface area contributed by atoms with Gasteiger partial charge >= 0.3 is 0 Å². The van der Waals surface area contributed by atoms with Gasteiger partial charge in [-0.15, -0.1) is 0 Å². The van der Waals surface area contributed by atoms with Crippen molar-refractivity contribution in [2.24, 2.45) is 0 Å². The number of aryl methyl sites for hydroxylation is 1. The standard InChI is InChI=1S/C18H19ClFN3O2/c1-3-17(24)22-13-6-4-11(2)15(9-13)21-10-18(25)23-16-8-12(19)5-7-14(16)20/h4-9,21H,3,10H2,1-2H3,(H,22,24)(H,23,25). The van der Waals surface area contributed by atoms with E-state index in [-0.39, 0.29) is 18.1 Å². The Labute approximate surface area is 150 Å². The van der Waals surface area contributed by atoms with Gasteiger partial charge in [-0.05, 0) is 42.8 Å². The van der Waals surface area contributed by atoms with Gasteiger partial charge in [0.15, 0.2) is 0 Å². The van der Waals surface area contributed by atoms with Crippen molar-refractivity contribution in [1.29, 1.82) is 0 Å². The Hall–Kier alpha value is -2.60. The lowest BCUT2D eigenvalue weighted by Crippen LogP contribution is -2.22. The van der Waals surface area contributed by atoms with Gasteiger partial charge in [0.05, 0.1) is 12.2 Å². The predicted molar refractivity (Wildman–Crippen MR) is 98.6 cm³/mol. The third-order valence-corrected chi connectivity index (χ3v) is 3.72. The number of anilines is 3. The summed E-state index contributed by atoms with van der Waals surface area (Å²) in [7, 11) is 0. The molecule has 0 aromatic heterocycles. The molecular weight excluding hydrogens is 345 g/mol. The summed E-state index contributed by atoms with van der Waals surface area (Å²) < 4.78 is 13.6. The lowest BCUT2D eigenvalue weighted by molar-refractivity contribution is -0.116. The van der Waals surface area contributed by atoms with E-state index < -0.39 is 11.7 Å². The van der Waals surface area contributed by atoms with E-state index in [1.165, 1.54) is 18.2 Å². The van der Waals surface area contributed by atoms with Crippen molar-refractivity contribution in [3.05, 3.63) is 52.8 Å². The molecule has 0 aliphatic rings. The molecule has 0 radical (unpaired) electrons. The molecule has 0 spiro atoms. The third-order valence-electron chi connectivity index (χ3n) is 3.48. The minimum Gasteiger partial charge on any atom is -0.376 e. The molecule has 2 amide bonds. The van der Waals surface area contributed by atoms with Crippen LogP contribution in [0, 0.1) is 12.7 Å². The molecule has 7 heteroatoms. The fourth-order valence-corrected chi connectivity index (χ4v) is 2.27. The van der Waals surface area contributed by atoms with Crippen molar-refractivity contribution < 1.29 is 14.0 Å². The Balaban J connectivity index is 2.00. The normalized spacial score (nSPS) is 10.2. The first kappa shape index (κ1) is 18.7. The lowest BCUT2D eigenvalue weighted by atomic mass is 10.1. The number of amides is 2. The Morgan fingerprint density at radius 2 is 1.80 bits per heavy atom. The second-order valence-electron chi connectivity index (χ2n) is 5.46. The molecule has 0 saturated heterocycles. The van der Waals surface area contributed by atoms with Crippen LogP contribution in [-0.2, 0) is 9.59 Å². The molecular formula is C18H19ClFN3O2. The van der Waals surface area contributed by atoms with E-state index in [0.717, 1.165) is 5.56 Å². The summed E-state index contributed by atoms with van der Waals surface area (Å²) in [6.07, 6.45) is 0.379. The highest BCUT2D eigenvalue weighted by molar-refractivity contribution is 6.30. The molecule has 2 rings (SSSR count). The quantitative estimate of drug-likeness (QED) is 0.720. The highest BCUT2D eigenvalue weighted by atomic mass is 35.5. The van der Waals surface area contributed by atoms with E-state index in [4.69, 9.17) is 11.6 Å². The molecule has 0 heterocycles. The average molecular weight is 364 g/mol. The molecule has 0 saturated carbocycles. The Morgan fingerprint density at radius 1 is 1.04 bits per heavy atom. The fourth-order valence-electron chi connectivity index (χ4n) is 2.10. The van der Waals surface area contributed by atoms with Gasteiger partial charge in [-0.2, -0.15) is 0 Å². The van der Waals surface area contributed by atoms with Gasteiger partial charge in [0, 0.05) is 22.8 Å². The number of hydrogen-bond donors (Lipinski definition) is 3. The maximum absolute atomic E-state index is 13.6. The highest BCUT2D eigenvalue weighted by Gasteiger charge is 2.09. The lowest BCUT2D eigenvalue weighted by Gasteiger charge is -2.13. The van der Waals surface area contributed by atoms with E-state index >= 15 is 0 Å². The van der Waals surface area contributed by atoms with Crippen LogP contribution in [0.2, 0.25) is 5.02 Å². The van der Waals surface area contributed by atoms with Gasteiger partial charge in [0.25, 0.3) is 0 Å². The molecule has 132 valence electrons. The summed E-state index contributed by atoms with van der Waals surface area (Å²) in [4.78, 5) is 23.5. The number of carbonyl (C=O) groups excluding carboxylic acids is 2. The van der Waals surface area contributed by atoms with E-state index in [2.05, 4.69) is 16.0 Å². The second-order valence-corrected chi connectivity index (χ2v) is 5.89. The average Bonchev–Trinajstić information content (AvgIpc) is 2.58. The summed E-state index contributed by atoms with van der Waals surface area (Å²) >= 11 is 5.80. The maximum Gasteiger partial charge on any atom is 0.243 e. The number of rotatable bonds is 6. The molecule has 25 heavy (non-hydrogen) atoms. The van der Waals surface area contributed by atoms with Crippen molar-refractivity contribution in [3.8, 4) is 0 Å². The highest BCUT2D eigenvalue weighted by Crippen LogP contribution is 2.21. The fraction of sp³-hybridized carbons (Fsp3) is 0.222. The number of nitrogens with one attached hydrogen (secondary N) is 3.